The van der Waals surface area contributed by atoms with Gasteiger partial charge in [0.2, 0.25) is 0 Å². The van der Waals surface area contributed by atoms with Crippen molar-refractivity contribution in [2.24, 2.45) is 0 Å². The third kappa shape index (κ3) is 4.04. The molecule has 0 bridgehead atoms. The Kier molecular flexibility index (Phi) is 5.30. The summed E-state index contributed by atoms with van der Waals surface area (Å²) < 4.78 is 6.61. The second-order valence-electron chi connectivity index (χ2n) is 4.30. The van der Waals surface area contributed by atoms with E-state index in [0.717, 1.165) is 5.69 Å². The first-order chi connectivity index (χ1) is 10.2. The molecule has 4 N–H and O–H groups in total. The number of nitrogens with one attached hydrogen (secondary N) is 1. The van der Waals surface area contributed by atoms with Crippen LogP contribution in [0.3, 0.4) is 0 Å². The zero-order valence-electron chi connectivity index (χ0n) is 11.5. The summed E-state index contributed by atoms with van der Waals surface area (Å²) in [4.78, 5) is 11.9. The maximum absolute atomic E-state index is 11.9. The van der Waals surface area contributed by atoms with Gasteiger partial charge in [-0.3, -0.25) is 4.79 Å². The number of hydrogen-bond acceptors (Lipinski definition) is 5. The molecule has 2 rings (SSSR count). The predicted molar refractivity (Wildman–Crippen MR) is 78.2 cm³/mol. The highest BCUT2D eigenvalue weighted by Crippen LogP contribution is 2.15. The molecule has 0 unspecified atom stereocenters. The van der Waals surface area contributed by atoms with Gasteiger partial charge in [0.25, 0.3) is 5.91 Å². The van der Waals surface area contributed by atoms with Crippen LogP contribution in [0, 0.1) is 0 Å². The highest BCUT2D eigenvalue weighted by atomic mass is 16.5. The summed E-state index contributed by atoms with van der Waals surface area (Å²) in [6.45, 7) is 0.937. The highest BCUT2D eigenvalue weighted by Gasteiger charge is 2.10. The summed E-state index contributed by atoms with van der Waals surface area (Å²) in [6, 6.07) is 8.91. The molecule has 0 saturated carbocycles. The summed E-state index contributed by atoms with van der Waals surface area (Å²) in [5, 5.41) is 15.4. The first-order valence-corrected chi connectivity index (χ1v) is 6.59. The molecule has 0 aliphatic carbocycles. The second-order valence-corrected chi connectivity index (χ2v) is 4.30. The number of para-hydroxylation sites is 2. The first kappa shape index (κ1) is 15.0. The number of benzene rings is 1. The lowest BCUT2D eigenvalue weighted by Crippen LogP contribution is -2.28. The molecular formula is C14H18N4O3. The minimum absolute atomic E-state index is 0.0309. The number of ether oxygens (including phenoxy) is 1. The zero-order valence-corrected chi connectivity index (χ0v) is 11.5. The van der Waals surface area contributed by atoms with Gasteiger partial charge in [0, 0.05) is 12.7 Å². The lowest BCUT2D eigenvalue weighted by atomic mass is 10.3. The molecule has 0 aliphatic heterocycles. The lowest BCUT2D eigenvalue weighted by molar-refractivity contribution is 0.0835. The summed E-state index contributed by atoms with van der Waals surface area (Å²) in [5.41, 5.74) is 7.49. The van der Waals surface area contributed by atoms with Gasteiger partial charge in [0.05, 0.1) is 31.2 Å². The van der Waals surface area contributed by atoms with Crippen LogP contribution >= 0.6 is 0 Å². The van der Waals surface area contributed by atoms with E-state index in [-0.39, 0.29) is 19.1 Å². The van der Waals surface area contributed by atoms with Crippen molar-refractivity contribution in [3.8, 4) is 5.69 Å². The molecule has 7 nitrogen and oxygen atoms in total. The SMILES string of the molecule is Nc1ccccc1-n1ccc(C(=O)NCCOCCO)n1. The van der Waals surface area contributed by atoms with E-state index in [2.05, 4.69) is 10.4 Å². The van der Waals surface area contributed by atoms with Gasteiger partial charge < -0.3 is 20.9 Å². The second kappa shape index (κ2) is 7.41. The molecule has 2 aromatic rings. The molecule has 1 amide bonds. The van der Waals surface area contributed by atoms with Crippen LogP contribution < -0.4 is 11.1 Å². The van der Waals surface area contributed by atoms with Crippen LogP contribution in [0.1, 0.15) is 10.5 Å². The number of aliphatic hydroxyl groups is 1. The van der Waals surface area contributed by atoms with Crippen LogP contribution in [0.4, 0.5) is 5.69 Å². The largest absolute Gasteiger partial charge is 0.397 e. The molecule has 1 aromatic carbocycles. The standard InChI is InChI=1S/C14H18N4O3/c15-11-3-1-2-4-13(11)18-7-5-12(17-18)14(20)16-6-9-21-10-8-19/h1-5,7,19H,6,8-10,15H2,(H,16,20). The van der Waals surface area contributed by atoms with Crippen molar-refractivity contribution in [1.29, 1.82) is 0 Å². The van der Waals surface area contributed by atoms with Gasteiger partial charge in [-0.25, -0.2) is 4.68 Å². The van der Waals surface area contributed by atoms with Crippen LogP contribution in [-0.2, 0) is 4.74 Å². The number of aromatic nitrogens is 2. The van der Waals surface area contributed by atoms with Crippen molar-refractivity contribution in [2.45, 2.75) is 0 Å². The van der Waals surface area contributed by atoms with Gasteiger partial charge in [-0.2, -0.15) is 5.10 Å². The van der Waals surface area contributed by atoms with E-state index in [1.807, 2.05) is 18.2 Å². The summed E-state index contributed by atoms with van der Waals surface area (Å²) in [5.74, 6) is -0.282. The maximum Gasteiger partial charge on any atom is 0.271 e. The van der Waals surface area contributed by atoms with E-state index in [0.29, 0.717) is 24.5 Å². The number of anilines is 1. The fraction of sp³-hybridized carbons (Fsp3) is 0.286. The lowest BCUT2D eigenvalue weighted by Gasteiger charge is -2.05. The van der Waals surface area contributed by atoms with Crippen LogP contribution in [0.2, 0.25) is 0 Å². The van der Waals surface area contributed by atoms with E-state index in [1.54, 1.807) is 23.0 Å². The Bertz CT molecular complexity index is 597. The van der Waals surface area contributed by atoms with Crippen LogP contribution in [0.15, 0.2) is 36.5 Å². The topological polar surface area (TPSA) is 102 Å². The molecule has 1 aromatic heterocycles. The normalized spacial score (nSPS) is 10.5. The number of rotatable bonds is 7. The van der Waals surface area contributed by atoms with E-state index < -0.39 is 0 Å². The number of amides is 1. The fourth-order valence-corrected chi connectivity index (χ4v) is 1.77. The molecule has 0 saturated heterocycles. The molecule has 0 atom stereocenters. The van der Waals surface area contributed by atoms with Crippen molar-refractivity contribution in [2.75, 3.05) is 32.1 Å². The van der Waals surface area contributed by atoms with Crippen LogP contribution in [0.25, 0.3) is 5.69 Å². The van der Waals surface area contributed by atoms with E-state index in [4.69, 9.17) is 15.6 Å². The molecule has 21 heavy (non-hydrogen) atoms. The number of carbonyl (C=O) groups excluding carboxylic acids is 1. The highest BCUT2D eigenvalue weighted by molar-refractivity contribution is 5.92. The fourth-order valence-electron chi connectivity index (χ4n) is 1.77. The van der Waals surface area contributed by atoms with Crippen LogP contribution in [-0.4, -0.2) is 47.2 Å². The van der Waals surface area contributed by atoms with Gasteiger partial charge in [0.15, 0.2) is 5.69 Å². The Balaban J connectivity index is 1.94. The molecule has 0 spiro atoms. The smallest absolute Gasteiger partial charge is 0.271 e. The third-order valence-electron chi connectivity index (χ3n) is 2.77. The third-order valence-corrected chi connectivity index (χ3v) is 2.77. The maximum atomic E-state index is 11.9. The zero-order chi connectivity index (χ0) is 15.1. The van der Waals surface area contributed by atoms with E-state index >= 15 is 0 Å². The molecule has 0 fully saturated rings. The Morgan fingerprint density at radius 2 is 2.14 bits per heavy atom. The van der Waals surface area contributed by atoms with Gasteiger partial charge in [0.1, 0.15) is 0 Å². The Morgan fingerprint density at radius 3 is 2.90 bits per heavy atom. The van der Waals surface area contributed by atoms with Gasteiger partial charge in [-0.1, -0.05) is 12.1 Å². The van der Waals surface area contributed by atoms with Gasteiger partial charge in [-0.15, -0.1) is 0 Å². The summed E-state index contributed by atoms with van der Waals surface area (Å²) >= 11 is 0. The number of hydrogen-bond donors (Lipinski definition) is 3. The molecule has 1 heterocycles. The number of aliphatic hydroxyl groups excluding tert-OH is 1. The monoisotopic (exact) mass is 290 g/mol. The van der Waals surface area contributed by atoms with Crippen molar-refractivity contribution >= 4 is 11.6 Å². The van der Waals surface area contributed by atoms with Crippen molar-refractivity contribution in [3.63, 3.8) is 0 Å². The minimum atomic E-state index is -0.282. The molecule has 0 aliphatic rings. The van der Waals surface area contributed by atoms with Crippen molar-refractivity contribution in [1.82, 2.24) is 15.1 Å². The Labute approximate surface area is 122 Å². The molecule has 0 radical (unpaired) electrons. The number of nitrogens with two attached hydrogens (primary N) is 1. The quantitative estimate of drug-likeness (QED) is 0.499. The average molecular weight is 290 g/mol. The summed E-state index contributed by atoms with van der Waals surface area (Å²) in [7, 11) is 0. The first-order valence-electron chi connectivity index (χ1n) is 6.59. The van der Waals surface area contributed by atoms with Crippen LogP contribution in [0.5, 0.6) is 0 Å². The Hall–Kier alpha value is -2.38. The van der Waals surface area contributed by atoms with Gasteiger partial charge in [-0.05, 0) is 18.2 Å². The van der Waals surface area contributed by atoms with Crippen molar-refractivity contribution in [3.05, 3.63) is 42.2 Å². The van der Waals surface area contributed by atoms with Gasteiger partial charge >= 0.3 is 0 Å². The number of nitrogen functional groups attached to an aromatic ring is 1. The molecule has 112 valence electrons. The van der Waals surface area contributed by atoms with Crippen molar-refractivity contribution < 1.29 is 14.6 Å². The molecule has 7 heteroatoms. The molecular weight excluding hydrogens is 272 g/mol. The minimum Gasteiger partial charge on any atom is -0.397 e. The number of carbonyl (C=O) groups is 1. The number of nitrogens with zero attached hydrogens (tertiary/aromatic N) is 2. The predicted octanol–water partition coefficient (Wildman–Crippen LogP) is 0.193. The average Bonchev–Trinajstić information content (AvgIpc) is 2.97. The van der Waals surface area contributed by atoms with E-state index in [1.165, 1.54) is 0 Å². The van der Waals surface area contributed by atoms with E-state index in [9.17, 15) is 4.79 Å². The summed E-state index contributed by atoms with van der Waals surface area (Å²) in [6.07, 6.45) is 1.68. The Morgan fingerprint density at radius 1 is 1.33 bits per heavy atom.